The van der Waals surface area contributed by atoms with Gasteiger partial charge in [0.25, 0.3) is 0 Å². The summed E-state index contributed by atoms with van der Waals surface area (Å²) in [6.45, 7) is 0.125. The first kappa shape index (κ1) is 11.3. The number of halogens is 1. The normalized spacial score (nSPS) is 12.6. The van der Waals surface area contributed by atoms with Crippen molar-refractivity contribution in [3.63, 3.8) is 0 Å². The van der Waals surface area contributed by atoms with Gasteiger partial charge < -0.3 is 20.7 Å². The van der Waals surface area contributed by atoms with Gasteiger partial charge in [0, 0.05) is 6.54 Å². The number of aromatic hydroxyl groups is 1. The lowest BCUT2D eigenvalue weighted by atomic mass is 10.1. The molecule has 1 atom stereocenters. The Balaban J connectivity index is 3.16. The molecule has 4 N–H and O–H groups in total. The third-order valence-electron chi connectivity index (χ3n) is 1.88. The molecule has 0 amide bonds. The van der Waals surface area contributed by atoms with E-state index >= 15 is 0 Å². The lowest BCUT2D eigenvalue weighted by Gasteiger charge is -2.12. The molecule has 0 aliphatic rings. The molecule has 5 heteroatoms. The van der Waals surface area contributed by atoms with Gasteiger partial charge in [-0.1, -0.05) is 0 Å². The first-order valence-electron chi connectivity index (χ1n) is 4.04. The van der Waals surface area contributed by atoms with Crippen LogP contribution in [-0.4, -0.2) is 23.9 Å². The maximum atomic E-state index is 9.49. The number of nitrogens with two attached hydrogens (primary N) is 1. The Labute approximate surface area is 90.4 Å². The smallest absolute Gasteiger partial charge is 0.172 e. The number of hydrogen-bond acceptors (Lipinski definition) is 4. The van der Waals surface area contributed by atoms with Crippen LogP contribution in [0.4, 0.5) is 0 Å². The molecule has 1 rings (SSSR count). The molecule has 0 heterocycles. The average Bonchev–Trinajstić information content (AvgIpc) is 2.20. The van der Waals surface area contributed by atoms with Crippen molar-refractivity contribution in [3.8, 4) is 11.5 Å². The van der Waals surface area contributed by atoms with Crippen LogP contribution in [0.15, 0.2) is 16.6 Å². The molecule has 0 saturated heterocycles. The van der Waals surface area contributed by atoms with Crippen molar-refractivity contribution >= 4 is 15.9 Å². The number of benzene rings is 1. The molecule has 1 aromatic carbocycles. The zero-order valence-corrected chi connectivity index (χ0v) is 9.28. The Morgan fingerprint density at radius 3 is 2.71 bits per heavy atom. The summed E-state index contributed by atoms with van der Waals surface area (Å²) >= 11 is 3.15. The van der Waals surface area contributed by atoms with Crippen molar-refractivity contribution in [2.24, 2.45) is 5.73 Å². The van der Waals surface area contributed by atoms with Gasteiger partial charge in [0.05, 0.1) is 17.7 Å². The molecule has 0 fully saturated rings. The molecule has 0 saturated carbocycles. The van der Waals surface area contributed by atoms with Crippen LogP contribution in [0.5, 0.6) is 11.5 Å². The van der Waals surface area contributed by atoms with Gasteiger partial charge in [0.1, 0.15) is 0 Å². The zero-order chi connectivity index (χ0) is 10.7. The Kier molecular flexibility index (Phi) is 3.74. The summed E-state index contributed by atoms with van der Waals surface area (Å²) in [4.78, 5) is 0. The molecule has 14 heavy (non-hydrogen) atoms. The van der Waals surface area contributed by atoms with Crippen LogP contribution < -0.4 is 10.5 Å². The van der Waals surface area contributed by atoms with Crippen molar-refractivity contribution in [3.05, 3.63) is 22.2 Å². The summed E-state index contributed by atoms with van der Waals surface area (Å²) in [6.07, 6.45) is -0.749. The fraction of sp³-hybridized carbons (Fsp3) is 0.333. The standard InChI is InChI=1S/C9H12BrNO3/c1-14-8-3-5(7(12)4-11)2-6(10)9(8)13/h2-3,7,12-13H,4,11H2,1H3/t7-/m0/s1. The van der Waals surface area contributed by atoms with Crippen molar-refractivity contribution < 1.29 is 14.9 Å². The highest BCUT2D eigenvalue weighted by molar-refractivity contribution is 9.10. The van der Waals surface area contributed by atoms with Crippen LogP contribution in [0.3, 0.4) is 0 Å². The molecule has 0 spiro atoms. The van der Waals surface area contributed by atoms with Gasteiger partial charge >= 0.3 is 0 Å². The van der Waals surface area contributed by atoms with E-state index in [0.29, 0.717) is 15.8 Å². The van der Waals surface area contributed by atoms with Crippen molar-refractivity contribution in [1.82, 2.24) is 0 Å². The second kappa shape index (κ2) is 4.63. The Morgan fingerprint density at radius 1 is 1.57 bits per heavy atom. The van der Waals surface area contributed by atoms with E-state index in [2.05, 4.69) is 15.9 Å². The molecule has 0 unspecified atom stereocenters. The SMILES string of the molecule is COc1cc([C@@H](O)CN)cc(Br)c1O. The summed E-state index contributed by atoms with van der Waals surface area (Å²) in [7, 11) is 1.44. The quantitative estimate of drug-likeness (QED) is 0.763. The molecule has 0 aromatic heterocycles. The number of rotatable bonds is 3. The third kappa shape index (κ3) is 2.17. The van der Waals surface area contributed by atoms with E-state index in [1.54, 1.807) is 12.1 Å². The zero-order valence-electron chi connectivity index (χ0n) is 7.70. The fourth-order valence-electron chi connectivity index (χ4n) is 1.08. The predicted molar refractivity (Wildman–Crippen MR) is 56.4 cm³/mol. The van der Waals surface area contributed by atoms with Crippen LogP contribution in [0.2, 0.25) is 0 Å². The van der Waals surface area contributed by atoms with Crippen LogP contribution in [0, 0.1) is 0 Å². The van der Waals surface area contributed by atoms with Gasteiger partial charge in [-0.25, -0.2) is 0 Å². The fourth-order valence-corrected chi connectivity index (χ4v) is 1.54. The van der Waals surface area contributed by atoms with Crippen LogP contribution >= 0.6 is 15.9 Å². The number of methoxy groups -OCH3 is 1. The van der Waals surface area contributed by atoms with E-state index in [9.17, 15) is 10.2 Å². The highest BCUT2D eigenvalue weighted by Gasteiger charge is 2.12. The predicted octanol–water partition coefficient (Wildman–Crippen LogP) is 1.16. The van der Waals surface area contributed by atoms with E-state index in [1.165, 1.54) is 7.11 Å². The Bertz CT molecular complexity index is 330. The second-order valence-corrected chi connectivity index (χ2v) is 3.66. The molecular weight excluding hydrogens is 250 g/mol. The maximum Gasteiger partial charge on any atom is 0.172 e. The largest absolute Gasteiger partial charge is 0.503 e. The number of aliphatic hydroxyl groups excluding tert-OH is 1. The highest BCUT2D eigenvalue weighted by Crippen LogP contribution is 2.36. The van der Waals surface area contributed by atoms with E-state index in [1.807, 2.05) is 0 Å². The molecule has 0 aliphatic heterocycles. The van der Waals surface area contributed by atoms with Crippen molar-refractivity contribution in [2.75, 3.05) is 13.7 Å². The minimum absolute atomic E-state index is 0.0143. The van der Waals surface area contributed by atoms with E-state index < -0.39 is 6.10 Å². The first-order chi connectivity index (χ1) is 6.60. The molecule has 4 nitrogen and oxygen atoms in total. The second-order valence-electron chi connectivity index (χ2n) is 2.81. The monoisotopic (exact) mass is 261 g/mol. The Hall–Kier alpha value is -0.780. The highest BCUT2D eigenvalue weighted by atomic mass is 79.9. The van der Waals surface area contributed by atoms with Crippen molar-refractivity contribution in [2.45, 2.75) is 6.10 Å². The molecule has 0 radical (unpaired) electrons. The first-order valence-corrected chi connectivity index (χ1v) is 4.84. The van der Waals surface area contributed by atoms with Crippen LogP contribution in [-0.2, 0) is 0 Å². The lowest BCUT2D eigenvalue weighted by molar-refractivity contribution is 0.186. The van der Waals surface area contributed by atoms with Crippen LogP contribution in [0.1, 0.15) is 11.7 Å². The van der Waals surface area contributed by atoms with Gasteiger partial charge in [0.2, 0.25) is 0 Å². The molecular formula is C9H12BrNO3. The summed E-state index contributed by atoms with van der Waals surface area (Å²) in [5, 5.41) is 19.0. The molecule has 1 aromatic rings. The minimum atomic E-state index is -0.749. The van der Waals surface area contributed by atoms with Crippen molar-refractivity contribution in [1.29, 1.82) is 0 Å². The topological polar surface area (TPSA) is 75.7 Å². The van der Waals surface area contributed by atoms with E-state index in [4.69, 9.17) is 10.5 Å². The van der Waals surface area contributed by atoms with E-state index in [0.717, 1.165) is 0 Å². The van der Waals surface area contributed by atoms with E-state index in [-0.39, 0.29) is 12.3 Å². The number of phenolic OH excluding ortho intramolecular Hbond substituents is 1. The van der Waals surface area contributed by atoms with Crippen LogP contribution in [0.25, 0.3) is 0 Å². The summed E-state index contributed by atoms with van der Waals surface area (Å²) in [5.41, 5.74) is 5.92. The molecule has 0 bridgehead atoms. The van der Waals surface area contributed by atoms with Gasteiger partial charge in [-0.05, 0) is 33.6 Å². The maximum absolute atomic E-state index is 9.49. The third-order valence-corrected chi connectivity index (χ3v) is 2.48. The Morgan fingerprint density at radius 2 is 2.21 bits per heavy atom. The summed E-state index contributed by atoms with van der Waals surface area (Å²) in [6, 6.07) is 3.16. The van der Waals surface area contributed by atoms with Gasteiger partial charge in [-0.3, -0.25) is 0 Å². The summed E-state index contributed by atoms with van der Waals surface area (Å²) in [5.74, 6) is 0.322. The minimum Gasteiger partial charge on any atom is -0.503 e. The summed E-state index contributed by atoms with van der Waals surface area (Å²) < 4.78 is 5.40. The molecule has 78 valence electrons. The molecule has 0 aliphatic carbocycles. The van der Waals surface area contributed by atoms with Gasteiger partial charge in [0.15, 0.2) is 11.5 Å². The average molecular weight is 262 g/mol. The van der Waals surface area contributed by atoms with Gasteiger partial charge in [-0.2, -0.15) is 0 Å². The lowest BCUT2D eigenvalue weighted by Crippen LogP contribution is -2.11. The van der Waals surface area contributed by atoms with Gasteiger partial charge in [-0.15, -0.1) is 0 Å². The number of phenols is 1. The number of aliphatic hydroxyl groups is 1. The number of hydrogen-bond donors (Lipinski definition) is 3. The number of ether oxygens (including phenoxy) is 1.